The first-order valence-corrected chi connectivity index (χ1v) is 9.39. The van der Waals surface area contributed by atoms with Crippen LogP contribution in [-0.4, -0.2) is 28.2 Å². The Hall–Kier alpha value is -2.39. The summed E-state index contributed by atoms with van der Waals surface area (Å²) in [5.74, 6) is 5.92. The van der Waals surface area contributed by atoms with Gasteiger partial charge in [-0.1, -0.05) is 59.9 Å². The van der Waals surface area contributed by atoms with Crippen LogP contribution in [0.4, 0.5) is 0 Å². The Morgan fingerprint density at radius 1 is 1.04 bits per heavy atom. The van der Waals surface area contributed by atoms with Crippen LogP contribution in [0.2, 0.25) is 0 Å². The summed E-state index contributed by atoms with van der Waals surface area (Å²) >= 11 is 0. The standard InChI is InChI=1S/C20H21NO3S/c1-18-11-13-20(14-12-18)25(22,23)21-15-5-6-16-24-17-7-10-19-8-3-2-4-9-19/h2-6,8-9,11-14,21H,15-17H2,1H3/b6-5-. The first kappa shape index (κ1) is 18.9. The molecule has 0 amide bonds. The summed E-state index contributed by atoms with van der Waals surface area (Å²) in [4.78, 5) is 0.263. The number of benzene rings is 2. The number of sulfonamides is 1. The van der Waals surface area contributed by atoms with Gasteiger partial charge in [-0.25, -0.2) is 13.1 Å². The van der Waals surface area contributed by atoms with Crippen LogP contribution in [0.1, 0.15) is 11.1 Å². The number of rotatable bonds is 7. The average molecular weight is 355 g/mol. The molecule has 0 atom stereocenters. The smallest absolute Gasteiger partial charge is 0.240 e. The normalized spacial score (nSPS) is 11.2. The first-order chi connectivity index (χ1) is 12.1. The lowest BCUT2D eigenvalue weighted by atomic mass is 10.2. The van der Waals surface area contributed by atoms with E-state index in [-0.39, 0.29) is 11.4 Å². The van der Waals surface area contributed by atoms with Gasteiger partial charge in [0.2, 0.25) is 10.0 Å². The molecule has 0 saturated heterocycles. The molecule has 2 aromatic rings. The molecule has 0 aliphatic rings. The van der Waals surface area contributed by atoms with Crippen LogP contribution in [0.5, 0.6) is 0 Å². The molecule has 0 radical (unpaired) electrons. The van der Waals surface area contributed by atoms with Crippen molar-refractivity contribution in [3.05, 3.63) is 77.9 Å². The first-order valence-electron chi connectivity index (χ1n) is 7.91. The Balaban J connectivity index is 1.66. The van der Waals surface area contributed by atoms with E-state index in [0.29, 0.717) is 13.2 Å². The van der Waals surface area contributed by atoms with Gasteiger partial charge in [-0.05, 0) is 31.2 Å². The molecule has 130 valence electrons. The fourth-order valence-electron chi connectivity index (χ4n) is 1.95. The van der Waals surface area contributed by atoms with Crippen LogP contribution in [0.3, 0.4) is 0 Å². The van der Waals surface area contributed by atoms with Crippen LogP contribution in [0.25, 0.3) is 0 Å². The molecule has 2 rings (SSSR count). The van der Waals surface area contributed by atoms with Crippen molar-refractivity contribution in [1.29, 1.82) is 0 Å². The maximum atomic E-state index is 12.1. The molecular weight excluding hydrogens is 334 g/mol. The number of hydrogen-bond donors (Lipinski definition) is 1. The Kier molecular flexibility index (Phi) is 7.42. The van der Waals surface area contributed by atoms with Gasteiger partial charge >= 0.3 is 0 Å². The lowest BCUT2D eigenvalue weighted by Gasteiger charge is -2.04. The van der Waals surface area contributed by atoms with Crippen molar-refractivity contribution >= 4 is 10.0 Å². The third-order valence-corrected chi connectivity index (χ3v) is 4.72. The molecule has 4 nitrogen and oxygen atoms in total. The second kappa shape index (κ2) is 9.80. The van der Waals surface area contributed by atoms with Crippen LogP contribution in [0.15, 0.2) is 71.6 Å². The lowest BCUT2D eigenvalue weighted by Crippen LogP contribution is -2.23. The summed E-state index contributed by atoms with van der Waals surface area (Å²) in [6.45, 7) is 2.84. The molecule has 0 aromatic heterocycles. The molecule has 1 N–H and O–H groups in total. The summed E-state index contributed by atoms with van der Waals surface area (Å²) in [7, 11) is -3.47. The highest BCUT2D eigenvalue weighted by atomic mass is 32.2. The molecule has 0 saturated carbocycles. The van der Waals surface area contributed by atoms with Gasteiger partial charge in [0, 0.05) is 12.1 Å². The van der Waals surface area contributed by atoms with Crippen molar-refractivity contribution in [3.63, 3.8) is 0 Å². The molecule has 25 heavy (non-hydrogen) atoms. The summed E-state index contributed by atoms with van der Waals surface area (Å²) in [6, 6.07) is 16.4. The molecule has 0 spiro atoms. The van der Waals surface area contributed by atoms with Crippen LogP contribution >= 0.6 is 0 Å². The maximum Gasteiger partial charge on any atom is 0.240 e. The highest BCUT2D eigenvalue weighted by molar-refractivity contribution is 7.89. The number of aryl methyl sites for hydroxylation is 1. The minimum absolute atomic E-state index is 0.218. The highest BCUT2D eigenvalue weighted by Gasteiger charge is 2.11. The fourth-order valence-corrected chi connectivity index (χ4v) is 2.92. The van der Waals surface area contributed by atoms with Gasteiger partial charge < -0.3 is 4.74 Å². The summed E-state index contributed by atoms with van der Waals surface area (Å²) < 4.78 is 32.0. The zero-order chi connectivity index (χ0) is 18.0. The van der Waals surface area contributed by atoms with Crippen molar-refractivity contribution in [1.82, 2.24) is 4.72 Å². The monoisotopic (exact) mass is 355 g/mol. The predicted octanol–water partition coefficient (Wildman–Crippen LogP) is 2.90. The van der Waals surface area contributed by atoms with Gasteiger partial charge in [0.25, 0.3) is 0 Å². The largest absolute Gasteiger partial charge is 0.365 e. The number of nitrogens with one attached hydrogen (secondary N) is 1. The Morgan fingerprint density at radius 2 is 1.76 bits per heavy atom. The Morgan fingerprint density at radius 3 is 2.48 bits per heavy atom. The molecule has 0 aliphatic carbocycles. The number of hydrogen-bond acceptors (Lipinski definition) is 3. The molecule has 0 unspecified atom stereocenters. The van der Waals surface area contributed by atoms with E-state index in [0.717, 1.165) is 11.1 Å². The summed E-state index contributed by atoms with van der Waals surface area (Å²) in [5, 5.41) is 0. The molecule has 2 aromatic carbocycles. The third kappa shape index (κ3) is 6.94. The van der Waals surface area contributed by atoms with Gasteiger partial charge in [-0.15, -0.1) is 0 Å². The molecule has 0 bridgehead atoms. The van der Waals surface area contributed by atoms with Gasteiger partial charge in [0.05, 0.1) is 11.5 Å². The minimum atomic E-state index is -3.47. The summed E-state index contributed by atoms with van der Waals surface area (Å²) in [6.07, 6.45) is 3.48. The van der Waals surface area contributed by atoms with Gasteiger partial charge in [0.1, 0.15) is 6.61 Å². The van der Waals surface area contributed by atoms with E-state index < -0.39 is 10.0 Å². The second-order valence-electron chi connectivity index (χ2n) is 5.32. The van der Waals surface area contributed by atoms with Gasteiger partial charge in [0.15, 0.2) is 0 Å². The Labute approximate surface area is 149 Å². The van der Waals surface area contributed by atoms with Gasteiger partial charge in [-0.2, -0.15) is 0 Å². The fraction of sp³-hybridized carbons (Fsp3) is 0.200. The van der Waals surface area contributed by atoms with Crippen molar-refractivity contribution < 1.29 is 13.2 Å². The average Bonchev–Trinajstić information content (AvgIpc) is 2.61. The quantitative estimate of drug-likeness (QED) is 0.472. The van der Waals surface area contributed by atoms with Gasteiger partial charge in [-0.3, -0.25) is 0 Å². The zero-order valence-electron chi connectivity index (χ0n) is 14.1. The molecule has 0 heterocycles. The van der Waals surface area contributed by atoms with Crippen molar-refractivity contribution in [2.24, 2.45) is 0 Å². The minimum Gasteiger partial charge on any atom is -0.365 e. The summed E-state index contributed by atoms with van der Waals surface area (Å²) in [5.41, 5.74) is 1.97. The maximum absolute atomic E-state index is 12.1. The molecule has 5 heteroatoms. The van der Waals surface area contributed by atoms with E-state index in [1.807, 2.05) is 37.3 Å². The van der Waals surface area contributed by atoms with Crippen LogP contribution in [0, 0.1) is 18.8 Å². The van der Waals surface area contributed by atoms with E-state index in [4.69, 9.17) is 4.74 Å². The molecular formula is C20H21NO3S. The van der Waals surface area contributed by atoms with E-state index in [1.165, 1.54) is 0 Å². The van der Waals surface area contributed by atoms with Crippen LogP contribution in [-0.2, 0) is 14.8 Å². The SMILES string of the molecule is Cc1ccc(S(=O)(=O)NC/C=C\COCC#Cc2ccccc2)cc1. The topological polar surface area (TPSA) is 55.4 Å². The highest BCUT2D eigenvalue weighted by Crippen LogP contribution is 2.09. The van der Waals surface area contributed by atoms with E-state index in [2.05, 4.69) is 16.6 Å². The predicted molar refractivity (Wildman–Crippen MR) is 99.6 cm³/mol. The zero-order valence-corrected chi connectivity index (χ0v) is 14.9. The van der Waals surface area contributed by atoms with Crippen molar-refractivity contribution in [2.75, 3.05) is 19.8 Å². The van der Waals surface area contributed by atoms with E-state index >= 15 is 0 Å². The van der Waals surface area contributed by atoms with Crippen molar-refractivity contribution in [2.45, 2.75) is 11.8 Å². The third-order valence-electron chi connectivity index (χ3n) is 3.28. The lowest BCUT2D eigenvalue weighted by molar-refractivity contribution is 0.199. The number of ether oxygens (including phenoxy) is 1. The van der Waals surface area contributed by atoms with Crippen LogP contribution < -0.4 is 4.72 Å². The second-order valence-corrected chi connectivity index (χ2v) is 7.09. The van der Waals surface area contributed by atoms with Crippen molar-refractivity contribution in [3.8, 4) is 11.8 Å². The molecule has 0 fully saturated rings. The Bertz CT molecular complexity index is 845. The van der Waals surface area contributed by atoms with E-state index in [9.17, 15) is 8.42 Å². The van der Waals surface area contributed by atoms with E-state index in [1.54, 1.807) is 36.4 Å². The molecule has 0 aliphatic heterocycles.